The van der Waals surface area contributed by atoms with Crippen LogP contribution >= 0.6 is 0 Å². The van der Waals surface area contributed by atoms with Crippen LogP contribution in [0.3, 0.4) is 0 Å². The highest BCUT2D eigenvalue weighted by molar-refractivity contribution is 6.02. The molecule has 110 valence electrons. The van der Waals surface area contributed by atoms with E-state index in [1.807, 2.05) is 0 Å². The van der Waals surface area contributed by atoms with Crippen LogP contribution in [-0.4, -0.2) is 42.0 Å². The molecule has 0 bridgehead atoms. The number of carbonyl (C=O) groups is 3. The molecule has 0 N–H and O–H groups in total. The fourth-order valence-electron chi connectivity index (χ4n) is 1.60. The standard InChI is InChI=1S/C13H14N4O4/c1-16(2)15-14-10-5-3-9(4-6-10)13(20)21-17-11(18)7-8-12(17)19/h3-6H,7-8H2,1-2H3. The molecule has 1 saturated heterocycles. The van der Waals surface area contributed by atoms with Crippen molar-refractivity contribution in [1.82, 2.24) is 10.1 Å². The molecule has 0 unspecified atom stereocenters. The van der Waals surface area contributed by atoms with Gasteiger partial charge in [-0.15, -0.1) is 10.2 Å². The van der Waals surface area contributed by atoms with Gasteiger partial charge in [-0.3, -0.25) is 14.6 Å². The van der Waals surface area contributed by atoms with E-state index in [-0.39, 0.29) is 18.4 Å². The lowest BCUT2D eigenvalue weighted by atomic mass is 10.2. The van der Waals surface area contributed by atoms with Gasteiger partial charge in [0, 0.05) is 26.9 Å². The van der Waals surface area contributed by atoms with E-state index in [0.717, 1.165) is 0 Å². The molecule has 0 radical (unpaired) electrons. The minimum absolute atomic E-state index is 0.0654. The van der Waals surface area contributed by atoms with E-state index in [4.69, 9.17) is 4.84 Å². The van der Waals surface area contributed by atoms with Crippen LogP contribution in [0.1, 0.15) is 23.2 Å². The molecule has 0 aliphatic carbocycles. The lowest BCUT2D eigenvalue weighted by molar-refractivity contribution is -0.172. The van der Waals surface area contributed by atoms with Gasteiger partial charge in [-0.1, -0.05) is 5.22 Å². The summed E-state index contributed by atoms with van der Waals surface area (Å²) in [7, 11) is 3.47. The maximum atomic E-state index is 11.8. The van der Waals surface area contributed by atoms with E-state index in [0.29, 0.717) is 10.8 Å². The minimum Gasteiger partial charge on any atom is -0.325 e. The van der Waals surface area contributed by atoms with Crippen LogP contribution in [0.15, 0.2) is 34.6 Å². The van der Waals surface area contributed by atoms with E-state index in [9.17, 15) is 14.4 Å². The minimum atomic E-state index is -0.769. The summed E-state index contributed by atoms with van der Waals surface area (Å²) in [5, 5.41) is 9.78. The number of hydrogen-bond acceptors (Lipinski definition) is 6. The van der Waals surface area contributed by atoms with E-state index in [1.54, 1.807) is 26.2 Å². The van der Waals surface area contributed by atoms with Crippen LogP contribution in [0.25, 0.3) is 0 Å². The predicted octanol–water partition coefficient (Wildman–Crippen LogP) is 1.47. The molecule has 1 fully saturated rings. The van der Waals surface area contributed by atoms with Gasteiger partial charge in [0.15, 0.2) is 0 Å². The second-order valence-electron chi connectivity index (χ2n) is 4.54. The molecule has 0 aromatic heterocycles. The Labute approximate surface area is 120 Å². The number of hydrogen-bond donors (Lipinski definition) is 0. The summed E-state index contributed by atoms with van der Waals surface area (Å²) in [5.41, 5.74) is 0.778. The van der Waals surface area contributed by atoms with Crippen LogP contribution in [0.5, 0.6) is 0 Å². The van der Waals surface area contributed by atoms with Crippen LogP contribution in [0, 0.1) is 0 Å². The van der Waals surface area contributed by atoms with Crippen molar-refractivity contribution in [2.45, 2.75) is 12.8 Å². The Hall–Kier alpha value is -2.77. The first-order valence-corrected chi connectivity index (χ1v) is 6.24. The van der Waals surface area contributed by atoms with E-state index in [2.05, 4.69) is 10.3 Å². The Morgan fingerprint density at radius 3 is 2.24 bits per heavy atom. The average Bonchev–Trinajstić information content (AvgIpc) is 2.77. The van der Waals surface area contributed by atoms with Crippen molar-refractivity contribution in [2.24, 2.45) is 10.3 Å². The van der Waals surface area contributed by atoms with Crippen LogP contribution in [-0.2, 0) is 14.4 Å². The number of nitrogens with zero attached hydrogens (tertiary/aromatic N) is 4. The molecule has 1 aliphatic heterocycles. The summed E-state index contributed by atoms with van der Waals surface area (Å²) in [6, 6.07) is 6.13. The van der Waals surface area contributed by atoms with Crippen LogP contribution < -0.4 is 0 Å². The molecular weight excluding hydrogens is 276 g/mol. The van der Waals surface area contributed by atoms with Crippen molar-refractivity contribution < 1.29 is 19.2 Å². The number of amides is 2. The summed E-state index contributed by atoms with van der Waals surface area (Å²) in [5.74, 6) is -1.79. The molecule has 2 rings (SSSR count). The number of hydroxylamine groups is 2. The number of rotatable bonds is 4. The van der Waals surface area contributed by atoms with E-state index in [1.165, 1.54) is 17.1 Å². The molecule has 1 aromatic carbocycles. The third-order valence-corrected chi connectivity index (χ3v) is 2.62. The summed E-state index contributed by atoms with van der Waals surface area (Å²) in [6.45, 7) is 0. The SMILES string of the molecule is CN(C)N=Nc1ccc(C(=O)ON2C(=O)CCC2=O)cc1. The molecule has 21 heavy (non-hydrogen) atoms. The zero-order chi connectivity index (χ0) is 15.4. The largest absolute Gasteiger partial charge is 0.363 e. The van der Waals surface area contributed by atoms with E-state index < -0.39 is 17.8 Å². The topological polar surface area (TPSA) is 91.6 Å². The van der Waals surface area contributed by atoms with Gasteiger partial charge in [0.05, 0.1) is 11.3 Å². The Kier molecular flexibility index (Phi) is 4.27. The Morgan fingerprint density at radius 1 is 1.14 bits per heavy atom. The first kappa shape index (κ1) is 14.6. The Morgan fingerprint density at radius 2 is 1.71 bits per heavy atom. The maximum Gasteiger partial charge on any atom is 0.363 e. The monoisotopic (exact) mass is 290 g/mol. The highest BCUT2D eigenvalue weighted by atomic mass is 16.7. The Bertz CT molecular complexity index is 579. The fourth-order valence-corrected chi connectivity index (χ4v) is 1.60. The lowest BCUT2D eigenvalue weighted by Gasteiger charge is -2.12. The predicted molar refractivity (Wildman–Crippen MR) is 71.1 cm³/mol. The zero-order valence-electron chi connectivity index (χ0n) is 11.6. The summed E-state index contributed by atoms with van der Waals surface area (Å²) >= 11 is 0. The van der Waals surface area contributed by atoms with Gasteiger partial charge in [-0.05, 0) is 24.3 Å². The van der Waals surface area contributed by atoms with Crippen molar-refractivity contribution in [3.63, 3.8) is 0 Å². The van der Waals surface area contributed by atoms with Crippen molar-refractivity contribution in [2.75, 3.05) is 14.1 Å². The normalized spacial score (nSPS) is 14.9. The molecule has 8 nitrogen and oxygen atoms in total. The van der Waals surface area contributed by atoms with Gasteiger partial charge in [0.25, 0.3) is 11.8 Å². The molecular formula is C13H14N4O4. The number of carbonyl (C=O) groups excluding carboxylic acids is 3. The van der Waals surface area contributed by atoms with Gasteiger partial charge in [-0.25, -0.2) is 4.79 Å². The highest BCUT2D eigenvalue weighted by Gasteiger charge is 2.33. The summed E-state index contributed by atoms with van der Waals surface area (Å²) < 4.78 is 0. The van der Waals surface area contributed by atoms with Gasteiger partial charge >= 0.3 is 5.97 Å². The third-order valence-electron chi connectivity index (χ3n) is 2.62. The molecule has 0 atom stereocenters. The van der Waals surface area contributed by atoms with Crippen LogP contribution in [0.4, 0.5) is 5.69 Å². The van der Waals surface area contributed by atoms with Crippen molar-refractivity contribution in [3.05, 3.63) is 29.8 Å². The van der Waals surface area contributed by atoms with E-state index >= 15 is 0 Å². The molecule has 8 heteroatoms. The van der Waals surface area contributed by atoms with Gasteiger partial charge in [0.1, 0.15) is 0 Å². The smallest absolute Gasteiger partial charge is 0.325 e. The molecule has 0 spiro atoms. The summed E-state index contributed by atoms with van der Waals surface area (Å²) in [6.07, 6.45) is 0.131. The Balaban J connectivity index is 2.03. The second-order valence-corrected chi connectivity index (χ2v) is 4.54. The second kappa shape index (κ2) is 6.12. The van der Waals surface area contributed by atoms with Gasteiger partial charge < -0.3 is 4.84 Å². The number of benzene rings is 1. The molecule has 1 aliphatic rings. The fraction of sp³-hybridized carbons (Fsp3) is 0.308. The average molecular weight is 290 g/mol. The van der Waals surface area contributed by atoms with Crippen molar-refractivity contribution in [1.29, 1.82) is 0 Å². The summed E-state index contributed by atoms with van der Waals surface area (Å²) in [4.78, 5) is 39.3. The molecule has 0 saturated carbocycles. The third kappa shape index (κ3) is 3.62. The molecule has 1 heterocycles. The first-order valence-electron chi connectivity index (χ1n) is 6.24. The highest BCUT2D eigenvalue weighted by Crippen LogP contribution is 2.17. The molecule has 2 amide bonds. The number of imide groups is 1. The zero-order valence-corrected chi connectivity index (χ0v) is 11.6. The van der Waals surface area contributed by atoms with Crippen molar-refractivity contribution in [3.8, 4) is 0 Å². The quantitative estimate of drug-likeness (QED) is 0.475. The maximum absolute atomic E-state index is 11.8. The molecule has 1 aromatic rings. The van der Waals surface area contributed by atoms with Gasteiger partial charge in [0.2, 0.25) is 0 Å². The first-order chi connectivity index (χ1) is 9.97. The van der Waals surface area contributed by atoms with Crippen molar-refractivity contribution >= 4 is 23.5 Å². The lowest BCUT2D eigenvalue weighted by Crippen LogP contribution is -2.32. The van der Waals surface area contributed by atoms with Crippen LogP contribution in [0.2, 0.25) is 0 Å². The van der Waals surface area contributed by atoms with Gasteiger partial charge in [-0.2, -0.15) is 0 Å².